The summed E-state index contributed by atoms with van der Waals surface area (Å²) >= 11 is 0. The van der Waals surface area contributed by atoms with Gasteiger partial charge in [-0.2, -0.15) is 0 Å². The first-order valence-corrected chi connectivity index (χ1v) is 9.05. The zero-order valence-corrected chi connectivity index (χ0v) is 15.6. The van der Waals surface area contributed by atoms with E-state index in [0.717, 1.165) is 31.3 Å². The molecule has 24 heavy (non-hydrogen) atoms. The Balaban J connectivity index is 1.67. The topological polar surface area (TPSA) is 47.1 Å². The van der Waals surface area contributed by atoms with Gasteiger partial charge in [0.15, 0.2) is 0 Å². The molecule has 0 amide bonds. The third kappa shape index (κ3) is 3.72. The number of aromatic nitrogens is 3. The highest BCUT2D eigenvalue weighted by atomic mass is 16.4. The van der Waals surface area contributed by atoms with Crippen molar-refractivity contribution in [3.05, 3.63) is 36.1 Å². The van der Waals surface area contributed by atoms with Gasteiger partial charge in [-0.25, -0.2) is 9.97 Å². The Bertz CT molecular complexity index is 665. The summed E-state index contributed by atoms with van der Waals surface area (Å²) in [6.45, 7) is 13.8. The second-order valence-corrected chi connectivity index (χ2v) is 8.23. The summed E-state index contributed by atoms with van der Waals surface area (Å²) in [5.41, 5.74) is 0.0125. The SMILES string of the molecule is CC(C)c1nccn1CC1CCCN1Cc1ncc(C(C)(C)C)o1. The predicted octanol–water partition coefficient (Wildman–Crippen LogP) is 3.96. The highest BCUT2D eigenvalue weighted by Crippen LogP contribution is 2.26. The van der Waals surface area contributed by atoms with Gasteiger partial charge in [0.2, 0.25) is 5.89 Å². The molecular formula is C19H30N4O. The second-order valence-electron chi connectivity index (χ2n) is 8.23. The third-order valence-corrected chi connectivity index (χ3v) is 4.80. The lowest BCUT2D eigenvalue weighted by Gasteiger charge is -2.24. The normalized spacial score (nSPS) is 19.5. The van der Waals surface area contributed by atoms with Crippen molar-refractivity contribution >= 4 is 0 Å². The van der Waals surface area contributed by atoms with Crippen LogP contribution in [0.5, 0.6) is 0 Å². The number of nitrogens with zero attached hydrogens (tertiary/aromatic N) is 4. The van der Waals surface area contributed by atoms with Crippen molar-refractivity contribution in [1.29, 1.82) is 0 Å². The molecule has 0 aliphatic carbocycles. The second kappa shape index (κ2) is 6.71. The molecular weight excluding hydrogens is 300 g/mol. The lowest BCUT2D eigenvalue weighted by atomic mass is 9.94. The van der Waals surface area contributed by atoms with Crippen LogP contribution < -0.4 is 0 Å². The minimum atomic E-state index is 0.0125. The Hall–Kier alpha value is -1.62. The van der Waals surface area contributed by atoms with Crippen LogP contribution in [0.2, 0.25) is 0 Å². The Kier molecular flexibility index (Phi) is 4.81. The Morgan fingerprint density at radius 2 is 2.08 bits per heavy atom. The maximum Gasteiger partial charge on any atom is 0.208 e. The van der Waals surface area contributed by atoms with Crippen LogP contribution in [-0.2, 0) is 18.5 Å². The van der Waals surface area contributed by atoms with Gasteiger partial charge in [-0.15, -0.1) is 0 Å². The molecule has 5 nitrogen and oxygen atoms in total. The van der Waals surface area contributed by atoms with Crippen LogP contribution >= 0.6 is 0 Å². The van der Waals surface area contributed by atoms with Crippen molar-refractivity contribution in [2.24, 2.45) is 0 Å². The van der Waals surface area contributed by atoms with Gasteiger partial charge in [0.1, 0.15) is 11.6 Å². The van der Waals surface area contributed by atoms with Gasteiger partial charge in [-0.3, -0.25) is 4.90 Å². The molecule has 132 valence electrons. The highest BCUT2D eigenvalue weighted by Gasteiger charge is 2.28. The van der Waals surface area contributed by atoms with Gasteiger partial charge in [-0.1, -0.05) is 34.6 Å². The molecule has 0 radical (unpaired) electrons. The third-order valence-electron chi connectivity index (χ3n) is 4.80. The Morgan fingerprint density at radius 1 is 1.29 bits per heavy atom. The van der Waals surface area contributed by atoms with Gasteiger partial charge in [0, 0.05) is 36.3 Å². The molecule has 0 aromatic carbocycles. The molecule has 1 unspecified atom stereocenters. The average Bonchev–Trinajstić information content (AvgIpc) is 3.20. The van der Waals surface area contributed by atoms with Crippen molar-refractivity contribution in [2.75, 3.05) is 6.54 Å². The summed E-state index contributed by atoms with van der Waals surface area (Å²) in [7, 11) is 0. The van der Waals surface area contributed by atoms with Crippen LogP contribution in [0, 0.1) is 0 Å². The van der Waals surface area contributed by atoms with Gasteiger partial charge < -0.3 is 8.98 Å². The summed E-state index contributed by atoms with van der Waals surface area (Å²) in [5, 5.41) is 0. The van der Waals surface area contributed by atoms with E-state index in [9.17, 15) is 0 Å². The summed E-state index contributed by atoms with van der Waals surface area (Å²) in [4.78, 5) is 11.5. The summed E-state index contributed by atoms with van der Waals surface area (Å²) in [6, 6.07) is 0.529. The number of likely N-dealkylation sites (tertiary alicyclic amines) is 1. The zero-order valence-electron chi connectivity index (χ0n) is 15.6. The van der Waals surface area contributed by atoms with Crippen LogP contribution in [0.4, 0.5) is 0 Å². The first kappa shape index (κ1) is 17.2. The molecule has 2 aromatic heterocycles. The van der Waals surface area contributed by atoms with Crippen LogP contribution in [0.1, 0.15) is 70.9 Å². The Labute approximate surface area is 145 Å². The lowest BCUT2D eigenvalue weighted by molar-refractivity contribution is 0.199. The van der Waals surface area contributed by atoms with E-state index < -0.39 is 0 Å². The maximum absolute atomic E-state index is 5.98. The van der Waals surface area contributed by atoms with E-state index in [4.69, 9.17) is 4.42 Å². The summed E-state index contributed by atoms with van der Waals surface area (Å²) in [5.74, 6) is 3.43. The van der Waals surface area contributed by atoms with E-state index in [1.807, 2.05) is 12.4 Å². The van der Waals surface area contributed by atoms with Crippen molar-refractivity contribution in [1.82, 2.24) is 19.4 Å². The number of oxazole rings is 1. The fourth-order valence-corrected chi connectivity index (χ4v) is 3.42. The molecule has 1 saturated heterocycles. The van der Waals surface area contributed by atoms with Crippen molar-refractivity contribution < 1.29 is 4.42 Å². The molecule has 1 aliphatic heterocycles. The van der Waals surface area contributed by atoms with E-state index in [1.54, 1.807) is 0 Å². The molecule has 3 rings (SSSR count). The first-order chi connectivity index (χ1) is 11.3. The van der Waals surface area contributed by atoms with Gasteiger partial charge in [0.25, 0.3) is 0 Å². The quantitative estimate of drug-likeness (QED) is 0.832. The number of hydrogen-bond donors (Lipinski definition) is 0. The molecule has 0 N–H and O–H groups in total. The first-order valence-electron chi connectivity index (χ1n) is 9.05. The van der Waals surface area contributed by atoms with Crippen LogP contribution in [0.25, 0.3) is 0 Å². The van der Waals surface area contributed by atoms with Crippen molar-refractivity contribution in [2.45, 2.75) is 77.9 Å². The minimum Gasteiger partial charge on any atom is -0.444 e. The molecule has 0 bridgehead atoms. The van der Waals surface area contributed by atoms with E-state index in [0.29, 0.717) is 12.0 Å². The van der Waals surface area contributed by atoms with Gasteiger partial charge in [-0.05, 0) is 19.4 Å². The number of rotatable bonds is 5. The number of hydrogen-bond acceptors (Lipinski definition) is 4. The van der Waals surface area contributed by atoms with E-state index in [-0.39, 0.29) is 5.41 Å². The fourth-order valence-electron chi connectivity index (χ4n) is 3.42. The summed E-state index contributed by atoms with van der Waals surface area (Å²) in [6.07, 6.45) is 8.37. The number of imidazole rings is 1. The molecule has 5 heteroatoms. The zero-order chi connectivity index (χ0) is 17.3. The van der Waals surface area contributed by atoms with Gasteiger partial charge in [0.05, 0.1) is 12.7 Å². The Morgan fingerprint density at radius 3 is 2.75 bits per heavy atom. The average molecular weight is 330 g/mol. The van der Waals surface area contributed by atoms with Gasteiger partial charge >= 0.3 is 0 Å². The smallest absolute Gasteiger partial charge is 0.208 e. The largest absolute Gasteiger partial charge is 0.444 e. The van der Waals surface area contributed by atoms with Crippen molar-refractivity contribution in [3.63, 3.8) is 0 Å². The van der Waals surface area contributed by atoms with Crippen molar-refractivity contribution in [3.8, 4) is 0 Å². The van der Waals surface area contributed by atoms with Crippen LogP contribution in [0.3, 0.4) is 0 Å². The van der Waals surface area contributed by atoms with E-state index in [1.165, 1.54) is 18.7 Å². The molecule has 1 fully saturated rings. The lowest BCUT2D eigenvalue weighted by Crippen LogP contribution is -2.33. The predicted molar refractivity (Wildman–Crippen MR) is 95.0 cm³/mol. The maximum atomic E-state index is 5.98. The molecule has 2 aromatic rings. The molecule has 3 heterocycles. The molecule has 0 spiro atoms. The van der Waals surface area contributed by atoms with E-state index >= 15 is 0 Å². The molecule has 0 saturated carbocycles. The molecule has 1 aliphatic rings. The van der Waals surface area contributed by atoms with Crippen LogP contribution in [-0.4, -0.2) is 32.0 Å². The standard InChI is InChI=1S/C19H30N4O/c1-14(2)18-20-8-10-23(18)12-15-7-6-9-22(15)13-17-21-11-16(24-17)19(3,4)5/h8,10-11,14-15H,6-7,9,12-13H2,1-5H3. The fraction of sp³-hybridized carbons (Fsp3) is 0.684. The monoisotopic (exact) mass is 330 g/mol. The minimum absolute atomic E-state index is 0.0125. The van der Waals surface area contributed by atoms with E-state index in [2.05, 4.69) is 60.3 Å². The molecule has 1 atom stereocenters. The van der Waals surface area contributed by atoms with Crippen LogP contribution in [0.15, 0.2) is 23.0 Å². The highest BCUT2D eigenvalue weighted by molar-refractivity contribution is 5.06. The summed E-state index contributed by atoms with van der Waals surface area (Å²) < 4.78 is 8.29.